The molecule has 2 atom stereocenters. The van der Waals surface area contributed by atoms with E-state index in [2.05, 4.69) is 10.6 Å². The van der Waals surface area contributed by atoms with Crippen LogP contribution in [0, 0.1) is 5.92 Å². The molecule has 3 rings (SSSR count). The molecule has 24 heavy (non-hydrogen) atoms. The number of hydrogen-bond acceptors (Lipinski definition) is 3. The summed E-state index contributed by atoms with van der Waals surface area (Å²) in [5.74, 6) is -1.20. The predicted octanol–water partition coefficient (Wildman–Crippen LogP) is 2.17. The number of aryl methyl sites for hydroxylation is 2. The second-order valence-corrected chi connectivity index (χ2v) is 6.95. The summed E-state index contributed by atoms with van der Waals surface area (Å²) in [6.45, 7) is 0.0530. The van der Waals surface area contributed by atoms with Gasteiger partial charge in [-0.05, 0) is 55.4 Å². The van der Waals surface area contributed by atoms with E-state index in [1.807, 2.05) is 18.2 Å². The van der Waals surface area contributed by atoms with Gasteiger partial charge in [0.05, 0.1) is 0 Å². The first-order valence-corrected chi connectivity index (χ1v) is 9.02. The molecule has 2 unspecified atom stereocenters. The van der Waals surface area contributed by atoms with Crippen molar-refractivity contribution < 1.29 is 14.7 Å². The topological polar surface area (TPSA) is 78.4 Å². The lowest BCUT2D eigenvalue weighted by atomic mass is 9.95. The smallest absolute Gasteiger partial charge is 0.313 e. The van der Waals surface area contributed by atoms with Gasteiger partial charge in [-0.1, -0.05) is 25.3 Å². The van der Waals surface area contributed by atoms with Gasteiger partial charge < -0.3 is 15.7 Å². The molecule has 2 aliphatic carbocycles. The molecule has 0 aromatic heterocycles. The molecule has 2 aliphatic rings. The average molecular weight is 330 g/mol. The molecule has 130 valence electrons. The van der Waals surface area contributed by atoms with E-state index in [0.29, 0.717) is 5.69 Å². The predicted molar refractivity (Wildman–Crippen MR) is 92.7 cm³/mol. The van der Waals surface area contributed by atoms with Gasteiger partial charge in [0.25, 0.3) is 0 Å². The number of anilines is 1. The van der Waals surface area contributed by atoms with Crippen LogP contribution >= 0.6 is 0 Å². The second kappa shape index (κ2) is 7.79. The van der Waals surface area contributed by atoms with Gasteiger partial charge >= 0.3 is 11.8 Å². The SMILES string of the molecule is O=C(Nc1ccc2c(c1)CCC2)C(=O)NC1CCCCCC1CO. The van der Waals surface area contributed by atoms with Crippen LogP contribution in [-0.4, -0.2) is 29.6 Å². The van der Waals surface area contributed by atoms with E-state index >= 15 is 0 Å². The van der Waals surface area contributed by atoms with Crippen molar-refractivity contribution in [3.8, 4) is 0 Å². The van der Waals surface area contributed by atoms with Gasteiger partial charge in [-0.15, -0.1) is 0 Å². The fourth-order valence-corrected chi connectivity index (χ4v) is 3.86. The molecular weight excluding hydrogens is 304 g/mol. The van der Waals surface area contributed by atoms with Crippen molar-refractivity contribution in [2.24, 2.45) is 5.92 Å². The second-order valence-electron chi connectivity index (χ2n) is 6.95. The third-order valence-electron chi connectivity index (χ3n) is 5.27. The Labute approximate surface area is 142 Å². The van der Waals surface area contributed by atoms with Crippen LogP contribution in [0.25, 0.3) is 0 Å². The standard InChI is InChI=1S/C19H26N2O3/c22-12-15-5-2-1-3-8-17(15)21-19(24)18(23)20-16-10-9-13-6-4-7-14(13)11-16/h9-11,15,17,22H,1-8,12H2,(H,20,23)(H,21,24). The molecule has 2 amide bonds. The van der Waals surface area contributed by atoms with Crippen LogP contribution in [0.1, 0.15) is 49.7 Å². The highest BCUT2D eigenvalue weighted by molar-refractivity contribution is 6.39. The van der Waals surface area contributed by atoms with E-state index in [4.69, 9.17) is 0 Å². The van der Waals surface area contributed by atoms with Crippen molar-refractivity contribution in [2.45, 2.75) is 57.4 Å². The first-order valence-electron chi connectivity index (χ1n) is 9.02. The van der Waals surface area contributed by atoms with E-state index in [9.17, 15) is 14.7 Å². The summed E-state index contributed by atoms with van der Waals surface area (Å²) < 4.78 is 0. The fraction of sp³-hybridized carbons (Fsp3) is 0.579. The first kappa shape index (κ1) is 17.0. The Balaban J connectivity index is 1.59. The zero-order valence-corrected chi connectivity index (χ0v) is 14.0. The minimum Gasteiger partial charge on any atom is -0.396 e. The molecule has 0 saturated heterocycles. The van der Waals surface area contributed by atoms with Gasteiger partial charge in [-0.2, -0.15) is 0 Å². The minimum atomic E-state index is -0.631. The van der Waals surface area contributed by atoms with Crippen molar-refractivity contribution in [3.63, 3.8) is 0 Å². The Morgan fingerprint density at radius 3 is 2.62 bits per heavy atom. The van der Waals surface area contributed by atoms with E-state index < -0.39 is 11.8 Å². The Kier molecular flexibility index (Phi) is 5.51. The van der Waals surface area contributed by atoms with Gasteiger partial charge in [0.2, 0.25) is 0 Å². The lowest BCUT2D eigenvalue weighted by molar-refractivity contribution is -0.137. The van der Waals surface area contributed by atoms with E-state index in [1.165, 1.54) is 11.1 Å². The molecule has 0 radical (unpaired) electrons. The van der Waals surface area contributed by atoms with Crippen LogP contribution < -0.4 is 10.6 Å². The number of fused-ring (bicyclic) bond motifs is 1. The lowest BCUT2D eigenvalue weighted by Gasteiger charge is -2.24. The highest BCUT2D eigenvalue weighted by atomic mass is 16.3. The number of benzene rings is 1. The van der Waals surface area contributed by atoms with Crippen molar-refractivity contribution in [3.05, 3.63) is 29.3 Å². The number of nitrogens with one attached hydrogen (secondary N) is 2. The van der Waals surface area contributed by atoms with E-state index in [1.54, 1.807) is 0 Å². The van der Waals surface area contributed by atoms with Crippen molar-refractivity contribution >= 4 is 17.5 Å². The van der Waals surface area contributed by atoms with Crippen molar-refractivity contribution in [1.29, 1.82) is 0 Å². The lowest BCUT2D eigenvalue weighted by Crippen LogP contribution is -2.45. The van der Waals surface area contributed by atoms with E-state index in [-0.39, 0.29) is 18.6 Å². The largest absolute Gasteiger partial charge is 0.396 e. The average Bonchev–Trinajstić information content (AvgIpc) is 2.93. The van der Waals surface area contributed by atoms with Gasteiger partial charge in [0.1, 0.15) is 0 Å². The third kappa shape index (κ3) is 3.96. The Morgan fingerprint density at radius 1 is 1.00 bits per heavy atom. The van der Waals surface area contributed by atoms with Crippen molar-refractivity contribution in [2.75, 3.05) is 11.9 Å². The van der Waals surface area contributed by atoms with Crippen LogP contribution in [0.5, 0.6) is 0 Å². The normalized spacial score (nSPS) is 23.2. The molecule has 1 aromatic carbocycles. The first-order chi connectivity index (χ1) is 11.7. The van der Waals surface area contributed by atoms with Crippen LogP contribution in [0.4, 0.5) is 5.69 Å². The highest BCUT2D eigenvalue weighted by Crippen LogP contribution is 2.25. The number of amides is 2. The Bertz CT molecular complexity index is 615. The summed E-state index contributed by atoms with van der Waals surface area (Å²) in [5.41, 5.74) is 3.27. The molecule has 1 fully saturated rings. The van der Waals surface area contributed by atoms with Crippen LogP contribution in [0.2, 0.25) is 0 Å². The summed E-state index contributed by atoms with van der Waals surface area (Å²) in [4.78, 5) is 24.4. The molecular formula is C19H26N2O3. The maximum atomic E-state index is 12.2. The number of hydrogen-bond donors (Lipinski definition) is 3. The molecule has 1 saturated carbocycles. The third-order valence-corrected chi connectivity index (χ3v) is 5.27. The number of aliphatic hydroxyl groups is 1. The summed E-state index contributed by atoms with van der Waals surface area (Å²) >= 11 is 0. The van der Waals surface area contributed by atoms with Crippen LogP contribution in [0.15, 0.2) is 18.2 Å². The number of carbonyl (C=O) groups is 2. The summed E-state index contributed by atoms with van der Waals surface area (Å²) in [6, 6.07) is 5.74. The van der Waals surface area contributed by atoms with Gasteiger partial charge in [0, 0.05) is 24.3 Å². The Morgan fingerprint density at radius 2 is 1.79 bits per heavy atom. The molecule has 0 bridgehead atoms. The fourth-order valence-electron chi connectivity index (χ4n) is 3.86. The quantitative estimate of drug-likeness (QED) is 0.587. The maximum Gasteiger partial charge on any atom is 0.313 e. The molecule has 0 heterocycles. The monoisotopic (exact) mass is 330 g/mol. The highest BCUT2D eigenvalue weighted by Gasteiger charge is 2.27. The number of aliphatic hydroxyl groups excluding tert-OH is 1. The number of rotatable bonds is 3. The van der Waals surface area contributed by atoms with Crippen molar-refractivity contribution in [1.82, 2.24) is 5.32 Å². The zero-order valence-electron chi connectivity index (χ0n) is 14.0. The molecule has 5 nitrogen and oxygen atoms in total. The molecule has 3 N–H and O–H groups in total. The zero-order chi connectivity index (χ0) is 16.9. The molecule has 0 aliphatic heterocycles. The molecule has 0 spiro atoms. The summed E-state index contributed by atoms with van der Waals surface area (Å²) in [6.07, 6.45) is 8.20. The maximum absolute atomic E-state index is 12.2. The summed E-state index contributed by atoms with van der Waals surface area (Å²) in [7, 11) is 0. The number of carbonyl (C=O) groups excluding carboxylic acids is 2. The Hall–Kier alpha value is -1.88. The minimum absolute atomic E-state index is 0.0456. The van der Waals surface area contributed by atoms with Gasteiger partial charge in [-0.25, -0.2) is 0 Å². The van der Waals surface area contributed by atoms with E-state index in [0.717, 1.165) is 51.4 Å². The van der Waals surface area contributed by atoms with Gasteiger partial charge in [-0.3, -0.25) is 9.59 Å². The van der Waals surface area contributed by atoms with Crippen LogP contribution in [-0.2, 0) is 22.4 Å². The van der Waals surface area contributed by atoms with Gasteiger partial charge in [0.15, 0.2) is 0 Å². The summed E-state index contributed by atoms with van der Waals surface area (Å²) in [5, 5.41) is 15.0. The molecule has 1 aromatic rings. The molecule has 5 heteroatoms. The van der Waals surface area contributed by atoms with Crippen LogP contribution in [0.3, 0.4) is 0 Å².